The van der Waals surface area contributed by atoms with Crippen molar-refractivity contribution >= 4 is 21.7 Å². The van der Waals surface area contributed by atoms with Gasteiger partial charge in [0.25, 0.3) is 0 Å². The van der Waals surface area contributed by atoms with Crippen LogP contribution in [0.5, 0.6) is 0 Å². The quantitative estimate of drug-likeness (QED) is 0.888. The molecule has 0 saturated carbocycles. The first kappa shape index (κ1) is 14.6. The standard InChI is InChI=1S/C16H19BrFN3/c1-10(2)9-13-15(17)16-19-8-7-14(21(16)20-13)11-3-5-12(18)6-4-11/h3-6,10,14,19H,7-9H2,1-2H3. The molecule has 3 rings (SSSR count). The normalized spacial score (nSPS) is 17.7. The molecular formula is C16H19BrFN3. The van der Waals surface area contributed by atoms with Gasteiger partial charge < -0.3 is 5.32 Å². The molecule has 1 aliphatic heterocycles. The van der Waals surface area contributed by atoms with Gasteiger partial charge in [0.05, 0.1) is 16.2 Å². The van der Waals surface area contributed by atoms with E-state index in [4.69, 9.17) is 5.10 Å². The molecule has 1 aromatic heterocycles. The minimum Gasteiger partial charge on any atom is -0.369 e. The van der Waals surface area contributed by atoms with Gasteiger partial charge in [-0.3, -0.25) is 0 Å². The molecular weight excluding hydrogens is 333 g/mol. The molecule has 0 amide bonds. The molecule has 0 spiro atoms. The first-order chi connectivity index (χ1) is 10.1. The Morgan fingerprint density at radius 3 is 2.76 bits per heavy atom. The summed E-state index contributed by atoms with van der Waals surface area (Å²) in [5, 5.41) is 8.20. The van der Waals surface area contributed by atoms with Gasteiger partial charge >= 0.3 is 0 Å². The molecule has 2 heterocycles. The lowest BCUT2D eigenvalue weighted by Crippen LogP contribution is -2.24. The minimum atomic E-state index is -0.199. The van der Waals surface area contributed by atoms with Crippen LogP contribution in [0.2, 0.25) is 0 Å². The maximum atomic E-state index is 13.1. The third-order valence-electron chi connectivity index (χ3n) is 3.78. The average molecular weight is 352 g/mol. The molecule has 21 heavy (non-hydrogen) atoms. The van der Waals surface area contributed by atoms with Gasteiger partial charge in [0.1, 0.15) is 11.6 Å². The highest BCUT2D eigenvalue weighted by atomic mass is 79.9. The number of halogens is 2. The highest BCUT2D eigenvalue weighted by molar-refractivity contribution is 9.10. The van der Waals surface area contributed by atoms with Crippen LogP contribution in [0.4, 0.5) is 10.2 Å². The maximum absolute atomic E-state index is 13.1. The zero-order chi connectivity index (χ0) is 15.0. The summed E-state index contributed by atoms with van der Waals surface area (Å²) in [5.74, 6) is 1.39. The molecule has 0 aliphatic carbocycles. The van der Waals surface area contributed by atoms with Crippen LogP contribution in [0.15, 0.2) is 28.7 Å². The number of anilines is 1. The SMILES string of the molecule is CC(C)Cc1nn2c(c1Br)NCCC2c1ccc(F)cc1. The summed E-state index contributed by atoms with van der Waals surface area (Å²) in [6, 6.07) is 6.91. The van der Waals surface area contributed by atoms with Crippen LogP contribution in [0.25, 0.3) is 0 Å². The van der Waals surface area contributed by atoms with Crippen LogP contribution in [0.1, 0.15) is 37.6 Å². The van der Waals surface area contributed by atoms with E-state index >= 15 is 0 Å². The first-order valence-electron chi connectivity index (χ1n) is 7.32. The van der Waals surface area contributed by atoms with Crippen molar-refractivity contribution in [2.75, 3.05) is 11.9 Å². The summed E-state index contributed by atoms with van der Waals surface area (Å²) in [5.41, 5.74) is 2.19. The fraction of sp³-hybridized carbons (Fsp3) is 0.438. The fourth-order valence-electron chi connectivity index (χ4n) is 2.80. The molecule has 1 aromatic carbocycles. The fourth-order valence-corrected chi connectivity index (χ4v) is 3.37. The van der Waals surface area contributed by atoms with E-state index in [9.17, 15) is 4.39 Å². The second-order valence-corrected chi connectivity index (χ2v) is 6.73. The third kappa shape index (κ3) is 2.84. The number of benzene rings is 1. The number of rotatable bonds is 3. The molecule has 1 atom stereocenters. The van der Waals surface area contributed by atoms with Gasteiger partial charge in [-0.1, -0.05) is 26.0 Å². The maximum Gasteiger partial charge on any atom is 0.139 e. The van der Waals surface area contributed by atoms with Gasteiger partial charge in [-0.15, -0.1) is 0 Å². The lowest BCUT2D eigenvalue weighted by atomic mass is 10.0. The van der Waals surface area contributed by atoms with E-state index in [0.717, 1.165) is 40.9 Å². The Labute approximate surface area is 132 Å². The zero-order valence-electron chi connectivity index (χ0n) is 12.2. The van der Waals surface area contributed by atoms with Crippen molar-refractivity contribution in [2.24, 2.45) is 5.92 Å². The summed E-state index contributed by atoms with van der Waals surface area (Å²) < 4.78 is 16.2. The van der Waals surface area contributed by atoms with E-state index < -0.39 is 0 Å². The Hall–Kier alpha value is -1.36. The number of hydrogen-bond donors (Lipinski definition) is 1. The zero-order valence-corrected chi connectivity index (χ0v) is 13.8. The highest BCUT2D eigenvalue weighted by Crippen LogP contribution is 2.36. The van der Waals surface area contributed by atoms with E-state index in [0.29, 0.717) is 5.92 Å². The van der Waals surface area contributed by atoms with Crippen molar-refractivity contribution in [1.82, 2.24) is 9.78 Å². The lowest BCUT2D eigenvalue weighted by molar-refractivity contribution is 0.473. The molecule has 1 aliphatic rings. The summed E-state index contributed by atoms with van der Waals surface area (Å²) in [6.45, 7) is 5.28. The molecule has 5 heteroatoms. The van der Waals surface area contributed by atoms with Crippen molar-refractivity contribution in [3.05, 3.63) is 45.8 Å². The van der Waals surface area contributed by atoms with E-state index in [2.05, 4.69) is 35.1 Å². The molecule has 0 fully saturated rings. The van der Waals surface area contributed by atoms with E-state index in [1.54, 1.807) is 0 Å². The van der Waals surface area contributed by atoms with E-state index in [-0.39, 0.29) is 11.9 Å². The largest absolute Gasteiger partial charge is 0.369 e. The molecule has 112 valence electrons. The average Bonchev–Trinajstić information content (AvgIpc) is 2.76. The summed E-state index contributed by atoms with van der Waals surface area (Å²) >= 11 is 3.67. The minimum absolute atomic E-state index is 0.166. The second-order valence-electron chi connectivity index (χ2n) is 5.93. The lowest BCUT2D eigenvalue weighted by Gasteiger charge is -2.26. The van der Waals surface area contributed by atoms with Gasteiger partial charge in [0.15, 0.2) is 0 Å². The first-order valence-corrected chi connectivity index (χ1v) is 8.11. The van der Waals surface area contributed by atoms with E-state index in [1.165, 1.54) is 12.1 Å². The molecule has 0 bridgehead atoms. The highest BCUT2D eigenvalue weighted by Gasteiger charge is 2.26. The smallest absolute Gasteiger partial charge is 0.139 e. The topological polar surface area (TPSA) is 29.9 Å². The van der Waals surface area contributed by atoms with Gasteiger partial charge in [-0.05, 0) is 52.4 Å². The second kappa shape index (κ2) is 5.79. The Bertz CT molecular complexity index is 634. The van der Waals surface area contributed by atoms with Gasteiger partial charge in [-0.2, -0.15) is 5.10 Å². The number of fused-ring (bicyclic) bond motifs is 1. The van der Waals surface area contributed by atoms with Crippen molar-refractivity contribution < 1.29 is 4.39 Å². The molecule has 0 radical (unpaired) electrons. The number of nitrogens with zero attached hydrogens (tertiary/aromatic N) is 2. The van der Waals surface area contributed by atoms with Crippen molar-refractivity contribution in [3.8, 4) is 0 Å². The van der Waals surface area contributed by atoms with Gasteiger partial charge in [0, 0.05) is 6.54 Å². The van der Waals surface area contributed by atoms with Gasteiger partial charge in [0.2, 0.25) is 0 Å². The van der Waals surface area contributed by atoms with Crippen LogP contribution >= 0.6 is 15.9 Å². The van der Waals surface area contributed by atoms with Crippen LogP contribution < -0.4 is 5.32 Å². The monoisotopic (exact) mass is 351 g/mol. The Morgan fingerprint density at radius 1 is 1.38 bits per heavy atom. The Balaban J connectivity index is 1.99. The summed E-state index contributed by atoms with van der Waals surface area (Å²) in [4.78, 5) is 0. The summed E-state index contributed by atoms with van der Waals surface area (Å²) in [7, 11) is 0. The molecule has 1 N–H and O–H groups in total. The van der Waals surface area contributed by atoms with Gasteiger partial charge in [-0.25, -0.2) is 9.07 Å². The third-order valence-corrected chi connectivity index (χ3v) is 4.61. The van der Waals surface area contributed by atoms with Crippen molar-refractivity contribution in [1.29, 1.82) is 0 Å². The predicted molar refractivity (Wildman–Crippen MR) is 86.1 cm³/mol. The van der Waals surface area contributed by atoms with E-state index in [1.807, 2.05) is 16.8 Å². The molecule has 1 unspecified atom stereocenters. The van der Waals surface area contributed by atoms with Crippen molar-refractivity contribution in [3.63, 3.8) is 0 Å². The Morgan fingerprint density at radius 2 is 2.10 bits per heavy atom. The predicted octanol–water partition coefficient (Wildman–Crippen LogP) is 4.39. The summed E-state index contributed by atoms with van der Waals surface area (Å²) in [6.07, 6.45) is 1.90. The van der Waals surface area contributed by atoms with Crippen molar-refractivity contribution in [2.45, 2.75) is 32.7 Å². The van der Waals surface area contributed by atoms with Crippen LogP contribution in [0, 0.1) is 11.7 Å². The molecule has 0 saturated heterocycles. The Kier molecular flexibility index (Phi) is 4.02. The van der Waals surface area contributed by atoms with Crippen LogP contribution in [-0.2, 0) is 6.42 Å². The number of aromatic nitrogens is 2. The van der Waals surface area contributed by atoms with Crippen LogP contribution in [-0.4, -0.2) is 16.3 Å². The molecule has 2 aromatic rings. The molecule has 3 nitrogen and oxygen atoms in total. The van der Waals surface area contributed by atoms with Crippen LogP contribution in [0.3, 0.4) is 0 Å². The number of hydrogen-bond acceptors (Lipinski definition) is 2. The number of nitrogens with one attached hydrogen (secondary N) is 1.